The van der Waals surface area contributed by atoms with E-state index in [4.69, 9.17) is 4.52 Å². The van der Waals surface area contributed by atoms with E-state index in [-0.39, 0.29) is 18.0 Å². The lowest BCUT2D eigenvalue weighted by molar-refractivity contribution is -0.117. The number of likely N-dealkylation sites (N-methyl/N-ethyl adjacent to an activating group) is 1. The summed E-state index contributed by atoms with van der Waals surface area (Å²) in [6, 6.07) is 13.5. The molecule has 0 atom stereocenters. The maximum Gasteiger partial charge on any atom is 0.232 e. The molecule has 2 aromatic carbocycles. The van der Waals surface area contributed by atoms with Crippen LogP contribution in [-0.2, 0) is 11.2 Å². The average Bonchev–Trinajstić information content (AvgIpc) is 2.90. The monoisotopic (exact) mass is 284 g/mol. The maximum absolute atomic E-state index is 13.7. The topological polar surface area (TPSA) is 46.3 Å². The van der Waals surface area contributed by atoms with Crippen molar-refractivity contribution < 1.29 is 13.7 Å². The Bertz CT molecular complexity index is 798. The molecule has 5 heteroatoms. The Labute approximate surface area is 120 Å². The molecule has 1 amide bonds. The Hall–Kier alpha value is -2.69. The third-order valence-electron chi connectivity index (χ3n) is 3.36. The molecule has 0 radical (unpaired) electrons. The number of fused-ring (bicyclic) bond motifs is 1. The number of hydrogen-bond acceptors (Lipinski definition) is 3. The predicted octanol–water partition coefficient (Wildman–Crippen LogP) is 3.17. The lowest BCUT2D eigenvalue weighted by Crippen LogP contribution is -2.28. The number of benzene rings is 2. The van der Waals surface area contributed by atoms with Crippen molar-refractivity contribution in [3.63, 3.8) is 0 Å². The molecule has 1 heterocycles. The number of halogens is 1. The molecule has 0 saturated carbocycles. The summed E-state index contributed by atoms with van der Waals surface area (Å²) >= 11 is 0. The normalized spacial score (nSPS) is 10.8. The van der Waals surface area contributed by atoms with Crippen molar-refractivity contribution in [1.29, 1.82) is 0 Å². The minimum Gasteiger partial charge on any atom is -0.356 e. The van der Waals surface area contributed by atoms with E-state index in [1.165, 1.54) is 11.0 Å². The van der Waals surface area contributed by atoms with Gasteiger partial charge in [-0.1, -0.05) is 29.4 Å². The summed E-state index contributed by atoms with van der Waals surface area (Å²) in [5.74, 6) is -0.683. The third-order valence-corrected chi connectivity index (χ3v) is 3.36. The molecule has 0 unspecified atom stereocenters. The summed E-state index contributed by atoms with van der Waals surface area (Å²) in [4.78, 5) is 13.6. The smallest absolute Gasteiger partial charge is 0.232 e. The van der Waals surface area contributed by atoms with Gasteiger partial charge >= 0.3 is 0 Å². The van der Waals surface area contributed by atoms with Gasteiger partial charge in [0.15, 0.2) is 5.58 Å². The van der Waals surface area contributed by atoms with Crippen molar-refractivity contribution >= 4 is 22.6 Å². The molecule has 0 N–H and O–H groups in total. The first-order valence-electron chi connectivity index (χ1n) is 6.51. The van der Waals surface area contributed by atoms with Gasteiger partial charge < -0.3 is 9.42 Å². The van der Waals surface area contributed by atoms with Crippen molar-refractivity contribution in [3.8, 4) is 0 Å². The van der Waals surface area contributed by atoms with Gasteiger partial charge in [-0.2, -0.15) is 0 Å². The Kier molecular flexibility index (Phi) is 3.39. The molecule has 0 aliphatic heterocycles. The highest BCUT2D eigenvalue weighted by molar-refractivity contribution is 5.96. The number of para-hydroxylation sites is 2. The van der Waals surface area contributed by atoms with Gasteiger partial charge in [0.05, 0.1) is 12.1 Å². The van der Waals surface area contributed by atoms with Crippen molar-refractivity contribution in [2.45, 2.75) is 6.42 Å². The second kappa shape index (κ2) is 5.36. The van der Waals surface area contributed by atoms with Crippen LogP contribution in [0.1, 0.15) is 5.69 Å². The molecular formula is C16H13FN2O2. The van der Waals surface area contributed by atoms with E-state index in [9.17, 15) is 9.18 Å². The first-order valence-corrected chi connectivity index (χ1v) is 6.51. The zero-order valence-electron chi connectivity index (χ0n) is 11.4. The summed E-state index contributed by atoms with van der Waals surface area (Å²) in [5.41, 5.74) is 1.43. The predicted molar refractivity (Wildman–Crippen MR) is 77.5 cm³/mol. The van der Waals surface area contributed by atoms with E-state index in [1.807, 2.05) is 18.2 Å². The van der Waals surface area contributed by atoms with Gasteiger partial charge in [0, 0.05) is 12.4 Å². The van der Waals surface area contributed by atoms with Crippen LogP contribution in [0.3, 0.4) is 0 Å². The summed E-state index contributed by atoms with van der Waals surface area (Å²) < 4.78 is 18.9. The fourth-order valence-corrected chi connectivity index (χ4v) is 2.19. The third kappa shape index (κ3) is 2.50. The Morgan fingerprint density at radius 2 is 1.90 bits per heavy atom. The quantitative estimate of drug-likeness (QED) is 0.742. The number of anilines is 1. The van der Waals surface area contributed by atoms with Crippen LogP contribution in [0.15, 0.2) is 53.1 Å². The van der Waals surface area contributed by atoms with Crippen LogP contribution in [0.4, 0.5) is 10.1 Å². The zero-order chi connectivity index (χ0) is 14.8. The molecule has 1 aromatic heterocycles. The van der Waals surface area contributed by atoms with Crippen molar-refractivity contribution in [3.05, 3.63) is 60.0 Å². The average molecular weight is 284 g/mol. The van der Waals surface area contributed by atoms with Crippen LogP contribution < -0.4 is 4.90 Å². The van der Waals surface area contributed by atoms with Crippen molar-refractivity contribution in [2.75, 3.05) is 11.9 Å². The second-order valence-corrected chi connectivity index (χ2v) is 4.71. The minimum absolute atomic E-state index is 0.0574. The Balaban J connectivity index is 1.85. The number of carbonyl (C=O) groups is 1. The van der Waals surface area contributed by atoms with E-state index in [1.54, 1.807) is 31.3 Å². The van der Waals surface area contributed by atoms with Gasteiger partial charge in [-0.3, -0.25) is 4.79 Å². The lowest BCUT2D eigenvalue weighted by atomic mass is 10.1. The van der Waals surface area contributed by atoms with Gasteiger partial charge in [0.1, 0.15) is 11.5 Å². The molecule has 0 bridgehead atoms. The van der Waals surface area contributed by atoms with Crippen LogP contribution in [0.5, 0.6) is 0 Å². The Morgan fingerprint density at radius 1 is 1.19 bits per heavy atom. The molecule has 21 heavy (non-hydrogen) atoms. The number of hydrogen-bond donors (Lipinski definition) is 0. The molecule has 106 valence electrons. The lowest BCUT2D eigenvalue weighted by Gasteiger charge is -2.17. The van der Waals surface area contributed by atoms with Gasteiger partial charge in [-0.05, 0) is 24.3 Å². The summed E-state index contributed by atoms with van der Waals surface area (Å²) in [6.07, 6.45) is 0.0574. The van der Waals surface area contributed by atoms with Crippen LogP contribution in [0, 0.1) is 5.82 Å². The van der Waals surface area contributed by atoms with Gasteiger partial charge in [0.25, 0.3) is 0 Å². The largest absolute Gasteiger partial charge is 0.356 e. The van der Waals surface area contributed by atoms with Gasteiger partial charge in [-0.15, -0.1) is 0 Å². The fourth-order valence-electron chi connectivity index (χ4n) is 2.19. The molecule has 0 aliphatic carbocycles. The first kappa shape index (κ1) is 13.3. The molecule has 0 spiro atoms. The number of nitrogens with zero attached hydrogens (tertiary/aromatic N) is 2. The van der Waals surface area contributed by atoms with Crippen molar-refractivity contribution in [1.82, 2.24) is 5.16 Å². The van der Waals surface area contributed by atoms with E-state index >= 15 is 0 Å². The highest BCUT2D eigenvalue weighted by atomic mass is 19.1. The Morgan fingerprint density at radius 3 is 2.71 bits per heavy atom. The fraction of sp³-hybridized carbons (Fsp3) is 0.125. The molecule has 3 rings (SSSR count). The van der Waals surface area contributed by atoms with Gasteiger partial charge in [-0.25, -0.2) is 4.39 Å². The summed E-state index contributed by atoms with van der Waals surface area (Å²) in [5, 5.41) is 4.72. The number of amides is 1. The highest BCUT2D eigenvalue weighted by Gasteiger charge is 2.18. The maximum atomic E-state index is 13.7. The minimum atomic E-state index is -0.432. The number of carbonyl (C=O) groups excluding carboxylic acids is 1. The molecule has 4 nitrogen and oxygen atoms in total. The van der Waals surface area contributed by atoms with E-state index in [0.717, 1.165) is 5.39 Å². The first-order chi connectivity index (χ1) is 10.2. The van der Waals surface area contributed by atoms with Crippen LogP contribution >= 0.6 is 0 Å². The number of aromatic nitrogens is 1. The summed E-state index contributed by atoms with van der Waals surface area (Å²) in [6.45, 7) is 0. The second-order valence-electron chi connectivity index (χ2n) is 4.71. The SMILES string of the molecule is CN(C(=O)Cc1noc2ccccc12)c1ccccc1F. The zero-order valence-corrected chi connectivity index (χ0v) is 11.4. The standard InChI is InChI=1S/C16H13FN2O2/c1-19(14-8-4-3-7-12(14)17)16(20)10-13-11-6-2-5-9-15(11)21-18-13/h2-9H,10H2,1H3. The molecule has 0 saturated heterocycles. The van der Waals surface area contributed by atoms with Gasteiger partial charge in [0.2, 0.25) is 5.91 Å². The van der Waals surface area contributed by atoms with Crippen LogP contribution in [0.2, 0.25) is 0 Å². The molecule has 3 aromatic rings. The molecule has 0 aliphatic rings. The summed E-state index contributed by atoms with van der Waals surface area (Å²) in [7, 11) is 1.54. The molecule has 0 fully saturated rings. The highest BCUT2D eigenvalue weighted by Crippen LogP contribution is 2.21. The van der Waals surface area contributed by atoms with E-state index in [0.29, 0.717) is 11.3 Å². The van der Waals surface area contributed by atoms with Crippen molar-refractivity contribution in [2.24, 2.45) is 0 Å². The molecular weight excluding hydrogens is 271 g/mol. The van der Waals surface area contributed by atoms with E-state index < -0.39 is 5.82 Å². The van der Waals surface area contributed by atoms with E-state index in [2.05, 4.69) is 5.16 Å². The van der Waals surface area contributed by atoms with Crippen LogP contribution in [0.25, 0.3) is 11.0 Å². The van der Waals surface area contributed by atoms with Crippen LogP contribution in [-0.4, -0.2) is 18.1 Å². The number of rotatable bonds is 3.